The highest BCUT2D eigenvalue weighted by molar-refractivity contribution is 7.27. The molecule has 270 valence electrons. The lowest BCUT2D eigenvalue weighted by Crippen LogP contribution is -2.37. The largest absolute Gasteiger partial charge is 0.310 e. The predicted octanol–water partition coefficient (Wildman–Crippen LogP) is 14.4. The molecular formula is C50H46N2SSi2. The lowest BCUT2D eigenvalue weighted by molar-refractivity contribution is 1.30. The van der Waals surface area contributed by atoms with Gasteiger partial charge in [0.1, 0.15) is 0 Å². The molecule has 9 rings (SSSR count). The molecule has 2 nitrogen and oxygen atoms in total. The Labute approximate surface area is 330 Å². The van der Waals surface area contributed by atoms with Crippen molar-refractivity contribution in [2.45, 2.75) is 39.3 Å². The van der Waals surface area contributed by atoms with Gasteiger partial charge < -0.3 is 9.80 Å². The number of benzene rings is 8. The number of anilines is 6. The SMILES string of the molecule is C[Si](C)(C)c1ccc(N(c2ccccc2)c2cc3c(sc4cc(N(c5ccccc5)c5ccc([Si](C)(C)C)cc5)c5ccccc5c43)c3ccccc23)cc1. The van der Waals surface area contributed by atoms with E-state index in [-0.39, 0.29) is 0 Å². The molecule has 0 unspecified atom stereocenters. The molecule has 0 saturated carbocycles. The maximum absolute atomic E-state index is 2.46. The third-order valence-electron chi connectivity index (χ3n) is 10.9. The van der Waals surface area contributed by atoms with E-state index in [4.69, 9.17) is 0 Å². The van der Waals surface area contributed by atoms with Crippen LogP contribution >= 0.6 is 11.3 Å². The summed E-state index contributed by atoms with van der Waals surface area (Å²) in [6.45, 7) is 14.5. The molecule has 0 saturated heterocycles. The normalized spacial score (nSPS) is 12.2. The Morgan fingerprint density at radius 3 is 1.22 bits per heavy atom. The lowest BCUT2D eigenvalue weighted by atomic mass is 9.98. The molecule has 1 heterocycles. The highest BCUT2D eigenvalue weighted by Crippen LogP contribution is 2.50. The molecule has 0 amide bonds. The van der Waals surface area contributed by atoms with Gasteiger partial charge in [0.15, 0.2) is 0 Å². The first kappa shape index (κ1) is 35.2. The minimum Gasteiger partial charge on any atom is -0.310 e. The van der Waals surface area contributed by atoms with E-state index in [1.807, 2.05) is 11.3 Å². The van der Waals surface area contributed by atoms with Gasteiger partial charge in [-0.25, -0.2) is 0 Å². The second kappa shape index (κ2) is 13.7. The summed E-state index contributed by atoms with van der Waals surface area (Å²) in [5.41, 5.74) is 7.03. The standard InChI is InChI=1S/C50H46N2SSi2/c1-54(2,3)39-29-25-37(26-30-39)51(35-17-9-7-10-18-35)46-33-45-49-43-23-15-13-21-41(43)47(34-48(49)53-50(45)44-24-16-14-22-42(44)46)52(36-19-11-8-12-20-36)38-27-31-40(32-28-38)55(4,5)6/h7-34H,1-6H3. The van der Waals surface area contributed by atoms with Crippen LogP contribution in [0.3, 0.4) is 0 Å². The summed E-state index contributed by atoms with van der Waals surface area (Å²) in [7, 11) is -2.92. The highest BCUT2D eigenvalue weighted by Gasteiger charge is 2.24. The Morgan fingerprint density at radius 2 is 0.745 bits per heavy atom. The van der Waals surface area contributed by atoms with E-state index in [0.29, 0.717) is 0 Å². The van der Waals surface area contributed by atoms with E-state index in [2.05, 4.69) is 219 Å². The van der Waals surface area contributed by atoms with Crippen LogP contribution in [0.5, 0.6) is 0 Å². The Balaban J connectivity index is 1.32. The molecule has 0 spiro atoms. The number of hydrogen-bond donors (Lipinski definition) is 0. The quantitative estimate of drug-likeness (QED) is 0.142. The number of nitrogens with zero attached hydrogens (tertiary/aromatic N) is 2. The molecule has 0 aliphatic carbocycles. The van der Waals surface area contributed by atoms with Crippen LogP contribution in [0.2, 0.25) is 39.3 Å². The zero-order valence-corrected chi connectivity index (χ0v) is 35.3. The maximum Gasteiger partial charge on any atom is 0.0775 e. The fourth-order valence-corrected chi connectivity index (χ4v) is 11.6. The van der Waals surface area contributed by atoms with Crippen molar-refractivity contribution in [1.29, 1.82) is 0 Å². The van der Waals surface area contributed by atoms with Crippen molar-refractivity contribution in [2.75, 3.05) is 9.80 Å². The highest BCUT2D eigenvalue weighted by atomic mass is 32.1. The van der Waals surface area contributed by atoms with E-state index in [0.717, 1.165) is 11.4 Å². The van der Waals surface area contributed by atoms with Gasteiger partial charge in [-0.15, -0.1) is 11.3 Å². The molecule has 55 heavy (non-hydrogen) atoms. The first-order valence-corrected chi connectivity index (χ1v) is 27.1. The van der Waals surface area contributed by atoms with Crippen molar-refractivity contribution in [3.63, 3.8) is 0 Å². The van der Waals surface area contributed by atoms with Crippen molar-refractivity contribution in [3.8, 4) is 0 Å². The van der Waals surface area contributed by atoms with Crippen LogP contribution in [0.25, 0.3) is 41.7 Å². The Kier molecular flexibility index (Phi) is 8.77. The Morgan fingerprint density at radius 1 is 0.364 bits per heavy atom. The van der Waals surface area contributed by atoms with Crippen LogP contribution in [0.1, 0.15) is 0 Å². The topological polar surface area (TPSA) is 6.48 Å². The number of fused-ring (bicyclic) bond motifs is 7. The van der Waals surface area contributed by atoms with E-state index in [9.17, 15) is 0 Å². The zero-order chi connectivity index (χ0) is 37.9. The Hall–Kier alpha value is -5.47. The fraction of sp³-hybridized carbons (Fsp3) is 0.120. The van der Waals surface area contributed by atoms with E-state index in [1.165, 1.54) is 74.8 Å². The molecule has 0 fully saturated rings. The van der Waals surface area contributed by atoms with E-state index >= 15 is 0 Å². The van der Waals surface area contributed by atoms with Gasteiger partial charge in [-0.05, 0) is 66.0 Å². The van der Waals surface area contributed by atoms with Crippen molar-refractivity contribution < 1.29 is 0 Å². The summed E-state index contributed by atoms with van der Waals surface area (Å²) in [6, 6.07) is 63.3. The van der Waals surface area contributed by atoms with Crippen molar-refractivity contribution in [3.05, 3.63) is 170 Å². The summed E-state index contributed by atoms with van der Waals surface area (Å²) >= 11 is 1.92. The summed E-state index contributed by atoms with van der Waals surface area (Å²) in [5, 5.41) is 10.6. The van der Waals surface area contributed by atoms with Crippen LogP contribution < -0.4 is 20.2 Å². The monoisotopic (exact) mass is 762 g/mol. The van der Waals surface area contributed by atoms with Crippen molar-refractivity contribution in [1.82, 2.24) is 0 Å². The second-order valence-electron chi connectivity index (χ2n) is 16.7. The molecule has 5 heteroatoms. The smallest absolute Gasteiger partial charge is 0.0775 e. The fourth-order valence-electron chi connectivity index (χ4n) is 8.02. The zero-order valence-electron chi connectivity index (χ0n) is 32.5. The van der Waals surface area contributed by atoms with Crippen LogP contribution in [-0.2, 0) is 0 Å². The third kappa shape index (κ3) is 6.36. The molecule has 0 N–H and O–H groups in total. The van der Waals surface area contributed by atoms with Gasteiger partial charge in [-0.1, -0.05) is 159 Å². The number of para-hydroxylation sites is 2. The van der Waals surface area contributed by atoms with Gasteiger partial charge in [0, 0.05) is 59.1 Å². The van der Waals surface area contributed by atoms with Gasteiger partial charge in [0.25, 0.3) is 0 Å². The molecule has 0 radical (unpaired) electrons. The first-order chi connectivity index (χ1) is 26.6. The first-order valence-electron chi connectivity index (χ1n) is 19.3. The molecule has 1 aromatic heterocycles. The van der Waals surface area contributed by atoms with Gasteiger partial charge >= 0.3 is 0 Å². The number of thiophene rings is 1. The molecule has 0 aliphatic rings. The van der Waals surface area contributed by atoms with Crippen molar-refractivity contribution in [2.24, 2.45) is 0 Å². The van der Waals surface area contributed by atoms with Crippen LogP contribution in [0.15, 0.2) is 170 Å². The molecule has 0 atom stereocenters. The van der Waals surface area contributed by atoms with Crippen LogP contribution in [0, 0.1) is 0 Å². The molecule has 0 aliphatic heterocycles. The second-order valence-corrected chi connectivity index (χ2v) is 27.9. The molecule has 9 aromatic rings. The summed E-state index contributed by atoms with van der Waals surface area (Å²) < 4.78 is 2.61. The van der Waals surface area contributed by atoms with Gasteiger partial charge in [0.2, 0.25) is 0 Å². The summed E-state index contributed by atoms with van der Waals surface area (Å²) in [5.74, 6) is 0. The summed E-state index contributed by atoms with van der Waals surface area (Å²) in [4.78, 5) is 4.90. The van der Waals surface area contributed by atoms with Gasteiger partial charge in [-0.2, -0.15) is 0 Å². The summed E-state index contributed by atoms with van der Waals surface area (Å²) in [6.07, 6.45) is 0. The van der Waals surface area contributed by atoms with E-state index < -0.39 is 16.1 Å². The molecular weight excluding hydrogens is 717 g/mol. The van der Waals surface area contributed by atoms with Gasteiger partial charge in [-0.3, -0.25) is 0 Å². The Bertz CT molecular complexity index is 2820. The van der Waals surface area contributed by atoms with E-state index in [1.54, 1.807) is 0 Å². The molecule has 0 bridgehead atoms. The average Bonchev–Trinajstić information content (AvgIpc) is 3.57. The molecule has 8 aromatic carbocycles. The minimum atomic E-state index is -1.46. The van der Waals surface area contributed by atoms with Crippen molar-refractivity contribution >= 4 is 114 Å². The van der Waals surface area contributed by atoms with Crippen LogP contribution in [0.4, 0.5) is 34.1 Å². The number of rotatable bonds is 8. The van der Waals surface area contributed by atoms with Gasteiger partial charge in [0.05, 0.1) is 27.5 Å². The predicted molar refractivity (Wildman–Crippen MR) is 250 cm³/mol. The minimum absolute atomic E-state index is 1.15. The average molecular weight is 763 g/mol. The number of hydrogen-bond acceptors (Lipinski definition) is 3. The third-order valence-corrected chi connectivity index (χ3v) is 16.3. The van der Waals surface area contributed by atoms with Crippen LogP contribution in [-0.4, -0.2) is 16.1 Å². The maximum atomic E-state index is 2.46. The lowest BCUT2D eigenvalue weighted by Gasteiger charge is -2.28.